The van der Waals surface area contributed by atoms with Crippen LogP contribution in [0.4, 0.5) is 38.3 Å². The molecule has 0 unspecified atom stereocenters. The van der Waals surface area contributed by atoms with Crippen LogP contribution in [0.2, 0.25) is 0 Å². The first-order chi connectivity index (χ1) is 15.3. The highest BCUT2D eigenvalue weighted by Gasteiger charge is 2.65. The van der Waals surface area contributed by atoms with Crippen molar-refractivity contribution < 1.29 is 37.4 Å². The van der Waals surface area contributed by atoms with Crippen LogP contribution in [0, 0.1) is 6.92 Å². The van der Waals surface area contributed by atoms with Crippen LogP contribution in [-0.4, -0.2) is 37.0 Å². The number of hydrogen-bond donors (Lipinski definition) is 0. The van der Waals surface area contributed by atoms with Gasteiger partial charge in [0.05, 0.1) is 5.56 Å². The van der Waals surface area contributed by atoms with Gasteiger partial charge in [0, 0.05) is 38.3 Å². The molecule has 0 bridgehead atoms. The maximum Gasteiger partial charge on any atom is 0.416 e. The van der Waals surface area contributed by atoms with Gasteiger partial charge in [-0.3, -0.25) is 4.79 Å². The summed E-state index contributed by atoms with van der Waals surface area (Å²) in [6.07, 6.45) is -4.67. The first-order valence-corrected chi connectivity index (χ1v) is 12.3. The van der Waals surface area contributed by atoms with Gasteiger partial charge in [0.15, 0.2) is 0 Å². The van der Waals surface area contributed by atoms with Crippen molar-refractivity contribution in [1.82, 2.24) is 4.90 Å². The molecule has 1 fully saturated rings. The number of carbonyl (C=O) groups excluding carboxylic acids is 1. The van der Waals surface area contributed by atoms with E-state index in [1.807, 2.05) is 0 Å². The molecular weight excluding hydrogens is 492 g/mol. The third-order valence-corrected chi connectivity index (χ3v) is 7.01. The Labute approximate surface area is 192 Å². The molecule has 190 valence electrons. The van der Waals surface area contributed by atoms with Gasteiger partial charge in [0.2, 0.25) is 5.91 Å². The van der Waals surface area contributed by atoms with Gasteiger partial charge in [-0.1, -0.05) is 44.6 Å². The van der Waals surface area contributed by atoms with E-state index < -0.39 is 32.8 Å². The van der Waals surface area contributed by atoms with Crippen molar-refractivity contribution in [3.05, 3.63) is 59.2 Å². The average Bonchev–Trinajstić information content (AvgIpc) is 2.72. The van der Waals surface area contributed by atoms with Crippen LogP contribution < -0.4 is 4.90 Å². The summed E-state index contributed by atoms with van der Waals surface area (Å²) in [6.45, 7) is 4.16. The summed E-state index contributed by atoms with van der Waals surface area (Å²) in [5.74, 6) is -1.11. The molecule has 3 rings (SSSR count). The average molecular weight is 516 g/mol. The Hall–Kier alpha value is -2.50. The van der Waals surface area contributed by atoms with Crippen molar-refractivity contribution >= 4 is 21.8 Å². The fraction of sp³-hybridized carbons (Fsp3) is 0.409. The minimum absolute atomic E-state index is 0.0303. The van der Waals surface area contributed by atoms with E-state index in [-0.39, 0.29) is 44.1 Å². The van der Waals surface area contributed by atoms with Crippen molar-refractivity contribution in [3.8, 4) is 0 Å². The van der Waals surface area contributed by atoms with Gasteiger partial charge in [0.1, 0.15) is 4.90 Å². The topological polar surface area (TPSA) is 23.6 Å². The predicted octanol–water partition coefficient (Wildman–Crippen LogP) is 7.51. The maximum absolute atomic E-state index is 13.1. The molecule has 1 amide bonds. The predicted molar refractivity (Wildman–Crippen MR) is 116 cm³/mol. The van der Waals surface area contributed by atoms with Gasteiger partial charge in [-0.2, -0.15) is 13.2 Å². The third-order valence-electron chi connectivity index (χ3n) is 5.86. The molecule has 1 aliphatic heterocycles. The lowest BCUT2D eigenvalue weighted by molar-refractivity contribution is -0.137. The van der Waals surface area contributed by atoms with Crippen molar-refractivity contribution in [3.63, 3.8) is 0 Å². The third kappa shape index (κ3) is 6.13. The zero-order valence-electron chi connectivity index (χ0n) is 18.4. The smallest absolute Gasteiger partial charge is 0.368 e. The zero-order valence-corrected chi connectivity index (χ0v) is 19.2. The van der Waals surface area contributed by atoms with E-state index in [4.69, 9.17) is 0 Å². The minimum Gasteiger partial charge on any atom is -0.368 e. The highest BCUT2D eigenvalue weighted by atomic mass is 32.5. The van der Waals surface area contributed by atoms with Crippen LogP contribution in [0.25, 0.3) is 0 Å². The number of halogens is 8. The molecule has 2 aromatic carbocycles. The summed E-state index contributed by atoms with van der Waals surface area (Å²) >= 11 is 0. The summed E-state index contributed by atoms with van der Waals surface area (Å²) in [5.41, 5.74) is 0.278. The Bertz CT molecular complexity index is 1080. The summed E-state index contributed by atoms with van der Waals surface area (Å²) in [4.78, 5) is 13.9. The fourth-order valence-corrected chi connectivity index (χ4v) is 4.59. The Morgan fingerprint density at radius 1 is 0.971 bits per heavy atom. The lowest BCUT2D eigenvalue weighted by Gasteiger charge is -2.40. The molecule has 2 aromatic rings. The summed E-state index contributed by atoms with van der Waals surface area (Å²) in [7, 11) is -9.83. The van der Waals surface area contributed by atoms with Crippen molar-refractivity contribution in [2.45, 2.75) is 37.3 Å². The molecule has 0 spiro atoms. The summed E-state index contributed by atoms with van der Waals surface area (Å²) in [6, 6.07) is 6.31. The molecule has 1 heterocycles. The SMILES string of the molecule is Cc1ccc(C(F)(F)F)cc1N1CCN(C(=O)C[C@@H](C)c2cccc(S(F)(F)(F)(F)F)c2)CC1. The van der Waals surface area contributed by atoms with Gasteiger partial charge < -0.3 is 9.80 Å². The number of anilines is 1. The summed E-state index contributed by atoms with van der Waals surface area (Å²) in [5, 5.41) is 0. The first-order valence-electron chi connectivity index (χ1n) is 10.4. The van der Waals surface area contributed by atoms with Crippen LogP contribution in [0.15, 0.2) is 47.4 Å². The molecule has 0 aliphatic carbocycles. The van der Waals surface area contributed by atoms with Crippen LogP contribution in [0.1, 0.15) is 36.0 Å². The maximum atomic E-state index is 13.1. The number of rotatable bonds is 5. The van der Waals surface area contributed by atoms with Crippen LogP contribution in [0.5, 0.6) is 0 Å². The van der Waals surface area contributed by atoms with E-state index in [1.165, 1.54) is 24.0 Å². The fourth-order valence-electron chi connectivity index (χ4n) is 3.89. The highest BCUT2D eigenvalue weighted by Crippen LogP contribution is 3.02. The van der Waals surface area contributed by atoms with Crippen molar-refractivity contribution in [2.24, 2.45) is 0 Å². The molecule has 1 aliphatic rings. The molecule has 34 heavy (non-hydrogen) atoms. The number of alkyl halides is 3. The number of aryl methyl sites for hydroxylation is 1. The second-order valence-corrected chi connectivity index (χ2v) is 10.9. The van der Waals surface area contributed by atoms with E-state index >= 15 is 0 Å². The van der Waals surface area contributed by atoms with Crippen LogP contribution in [-0.2, 0) is 11.0 Å². The van der Waals surface area contributed by atoms with Crippen LogP contribution in [0.3, 0.4) is 0 Å². The molecule has 3 nitrogen and oxygen atoms in total. The van der Waals surface area contributed by atoms with Gasteiger partial charge >= 0.3 is 16.4 Å². The molecular formula is C22H24F8N2OS. The van der Waals surface area contributed by atoms with Gasteiger partial charge in [-0.15, -0.1) is 0 Å². The Morgan fingerprint density at radius 2 is 1.59 bits per heavy atom. The zero-order chi connectivity index (χ0) is 25.6. The Balaban J connectivity index is 1.65. The molecule has 0 saturated carbocycles. The number of amides is 1. The Morgan fingerprint density at radius 3 is 2.15 bits per heavy atom. The number of benzene rings is 2. The van der Waals surface area contributed by atoms with Crippen LogP contribution >= 0.6 is 10.2 Å². The molecule has 12 heteroatoms. The minimum atomic E-state index is -9.83. The highest BCUT2D eigenvalue weighted by molar-refractivity contribution is 8.45. The standard InChI is InChI=1S/C22H24F8N2OS/c1-15-6-7-18(22(23,24)25)14-20(15)31-8-10-32(11-9-31)21(33)12-16(2)17-4-3-5-19(13-17)34(26,27,28,29)30/h3-7,13-14,16H,8-12H2,1-2H3/t16-/m1/s1. The molecule has 1 atom stereocenters. The largest absolute Gasteiger partial charge is 0.416 e. The second kappa shape index (κ2) is 8.03. The van der Waals surface area contributed by atoms with E-state index in [1.54, 1.807) is 11.8 Å². The lowest BCUT2D eigenvalue weighted by Crippen LogP contribution is -2.49. The van der Waals surface area contributed by atoms with Gasteiger partial charge in [-0.25, -0.2) is 0 Å². The quantitative estimate of drug-likeness (QED) is 0.384. The molecule has 0 N–H and O–H groups in total. The van der Waals surface area contributed by atoms with E-state index in [0.29, 0.717) is 23.4 Å². The van der Waals surface area contributed by atoms with E-state index in [9.17, 15) is 37.4 Å². The van der Waals surface area contributed by atoms with Gasteiger partial charge in [0.25, 0.3) is 0 Å². The Kier molecular flexibility index (Phi) is 6.17. The second-order valence-electron chi connectivity index (χ2n) is 8.51. The first kappa shape index (κ1) is 26.1. The normalized spacial score (nSPS) is 18.3. The number of piperazine rings is 1. The van der Waals surface area contributed by atoms with Gasteiger partial charge in [-0.05, 0) is 48.2 Å². The lowest BCUT2D eigenvalue weighted by atomic mass is 9.97. The van der Waals surface area contributed by atoms with Crippen molar-refractivity contribution in [2.75, 3.05) is 31.1 Å². The monoisotopic (exact) mass is 516 g/mol. The molecule has 1 saturated heterocycles. The van der Waals surface area contributed by atoms with Crippen molar-refractivity contribution in [1.29, 1.82) is 0 Å². The summed E-state index contributed by atoms with van der Waals surface area (Å²) < 4.78 is 105. The van der Waals surface area contributed by atoms with E-state index in [2.05, 4.69) is 0 Å². The van der Waals surface area contributed by atoms with E-state index in [0.717, 1.165) is 18.2 Å². The number of hydrogen-bond acceptors (Lipinski definition) is 2. The number of nitrogens with zero attached hydrogens (tertiary/aromatic N) is 2. The molecule has 0 aromatic heterocycles. The molecule has 0 radical (unpaired) electrons. The number of carbonyl (C=O) groups is 1.